The molecule has 0 bridgehead atoms. The number of benzene rings is 1. The summed E-state index contributed by atoms with van der Waals surface area (Å²) >= 11 is 0. The van der Waals surface area contributed by atoms with Gasteiger partial charge in [-0.05, 0) is 19.1 Å². The highest BCUT2D eigenvalue weighted by Gasteiger charge is 2.06. The summed E-state index contributed by atoms with van der Waals surface area (Å²) in [6, 6.07) is 7.90. The molecule has 1 aromatic carbocycles. The zero-order valence-electron chi connectivity index (χ0n) is 10.1. The normalized spacial score (nSPS) is 10.5. The van der Waals surface area contributed by atoms with Gasteiger partial charge in [0, 0.05) is 7.05 Å². The minimum absolute atomic E-state index is 0.346. The van der Waals surface area contributed by atoms with Gasteiger partial charge in [-0.15, -0.1) is 0 Å². The van der Waals surface area contributed by atoms with Gasteiger partial charge in [0.05, 0.1) is 6.54 Å². The molecule has 90 valence electrons. The average molecular weight is 232 g/mol. The number of hydrogen-bond donors (Lipinski definition) is 1. The molecule has 5 heteroatoms. The Kier molecular flexibility index (Phi) is 3.39. The Balaban J connectivity index is 2.01. The van der Waals surface area contributed by atoms with Crippen LogP contribution in [0.2, 0.25) is 0 Å². The number of aryl methyl sites for hydroxylation is 2. The van der Waals surface area contributed by atoms with E-state index in [9.17, 15) is 0 Å². The van der Waals surface area contributed by atoms with Gasteiger partial charge in [0.2, 0.25) is 0 Å². The van der Waals surface area contributed by atoms with Crippen LogP contribution in [-0.2, 0) is 20.2 Å². The number of rotatable bonds is 4. The van der Waals surface area contributed by atoms with Gasteiger partial charge in [-0.1, -0.05) is 17.7 Å². The first-order valence-electron chi connectivity index (χ1n) is 5.47. The molecule has 0 aliphatic rings. The Hall–Kier alpha value is -1.88. The monoisotopic (exact) mass is 232 g/mol. The molecule has 0 aliphatic carbocycles. The summed E-state index contributed by atoms with van der Waals surface area (Å²) in [6.45, 7) is 2.78. The lowest BCUT2D eigenvalue weighted by Crippen LogP contribution is -2.04. The zero-order valence-corrected chi connectivity index (χ0v) is 10.1. The molecule has 5 nitrogen and oxygen atoms in total. The summed E-state index contributed by atoms with van der Waals surface area (Å²) in [7, 11) is 1.83. The molecular weight excluding hydrogens is 216 g/mol. The van der Waals surface area contributed by atoms with E-state index in [0.717, 1.165) is 11.6 Å². The quantitative estimate of drug-likeness (QED) is 0.859. The minimum atomic E-state index is 0.346. The Morgan fingerprint density at radius 3 is 2.59 bits per heavy atom. The van der Waals surface area contributed by atoms with E-state index >= 15 is 0 Å². The van der Waals surface area contributed by atoms with E-state index in [1.165, 1.54) is 5.56 Å². The Morgan fingerprint density at radius 2 is 2.00 bits per heavy atom. The van der Waals surface area contributed by atoms with E-state index in [2.05, 4.69) is 10.1 Å². The Morgan fingerprint density at radius 1 is 1.29 bits per heavy atom. The van der Waals surface area contributed by atoms with Crippen molar-refractivity contribution in [1.82, 2.24) is 14.8 Å². The predicted octanol–water partition coefficient (Wildman–Crippen LogP) is 1.16. The molecule has 2 rings (SSSR count). The standard InChI is InChI=1S/C12H16N4O/c1-9-3-5-10(6-4-9)17-8-12-14-11(7-13)15-16(12)2/h3-6H,7-8,13H2,1-2H3. The van der Waals surface area contributed by atoms with Crippen molar-refractivity contribution in [2.75, 3.05) is 0 Å². The molecule has 0 aliphatic heterocycles. The number of hydrogen-bond acceptors (Lipinski definition) is 4. The maximum absolute atomic E-state index is 5.62. The lowest BCUT2D eigenvalue weighted by atomic mass is 10.2. The van der Waals surface area contributed by atoms with Crippen molar-refractivity contribution in [3.63, 3.8) is 0 Å². The Bertz CT molecular complexity index is 490. The van der Waals surface area contributed by atoms with E-state index < -0.39 is 0 Å². The molecule has 2 N–H and O–H groups in total. The smallest absolute Gasteiger partial charge is 0.165 e. The lowest BCUT2D eigenvalue weighted by Gasteiger charge is -2.05. The first-order chi connectivity index (χ1) is 8.19. The summed E-state index contributed by atoms with van der Waals surface area (Å²) in [5.41, 5.74) is 6.69. The average Bonchev–Trinajstić information content (AvgIpc) is 2.69. The summed E-state index contributed by atoms with van der Waals surface area (Å²) < 4.78 is 7.31. The van der Waals surface area contributed by atoms with Crippen LogP contribution in [0.15, 0.2) is 24.3 Å². The molecular formula is C12H16N4O. The fourth-order valence-corrected chi connectivity index (χ4v) is 1.47. The van der Waals surface area contributed by atoms with Crippen LogP contribution < -0.4 is 10.5 Å². The van der Waals surface area contributed by atoms with Crippen LogP contribution >= 0.6 is 0 Å². The van der Waals surface area contributed by atoms with Gasteiger partial charge in [-0.2, -0.15) is 5.10 Å². The summed E-state index contributed by atoms with van der Waals surface area (Å²) in [5, 5.41) is 4.16. The highest BCUT2D eigenvalue weighted by Crippen LogP contribution is 2.12. The van der Waals surface area contributed by atoms with Crippen LogP contribution in [-0.4, -0.2) is 14.8 Å². The van der Waals surface area contributed by atoms with Gasteiger partial charge in [-0.3, -0.25) is 0 Å². The molecule has 0 radical (unpaired) electrons. The molecule has 0 fully saturated rings. The third-order valence-corrected chi connectivity index (χ3v) is 2.47. The molecule has 0 amide bonds. The molecule has 2 aromatic rings. The molecule has 17 heavy (non-hydrogen) atoms. The second-order valence-corrected chi connectivity index (χ2v) is 3.87. The summed E-state index contributed by atoms with van der Waals surface area (Å²) in [6.07, 6.45) is 0. The fraction of sp³-hybridized carbons (Fsp3) is 0.333. The van der Waals surface area contributed by atoms with Crippen molar-refractivity contribution in [3.05, 3.63) is 41.5 Å². The molecule has 0 atom stereocenters. The molecule has 1 aromatic heterocycles. The van der Waals surface area contributed by atoms with Crippen LogP contribution in [0.1, 0.15) is 17.2 Å². The minimum Gasteiger partial charge on any atom is -0.486 e. The van der Waals surface area contributed by atoms with E-state index in [1.54, 1.807) is 4.68 Å². The van der Waals surface area contributed by atoms with Crippen LogP contribution in [0.25, 0.3) is 0 Å². The molecule has 0 unspecified atom stereocenters. The molecule has 0 saturated carbocycles. The third kappa shape index (κ3) is 2.82. The molecule has 1 heterocycles. The second kappa shape index (κ2) is 4.97. The van der Waals surface area contributed by atoms with E-state index in [-0.39, 0.29) is 0 Å². The van der Waals surface area contributed by atoms with Gasteiger partial charge in [0.1, 0.15) is 12.4 Å². The van der Waals surface area contributed by atoms with Crippen LogP contribution in [0.4, 0.5) is 0 Å². The van der Waals surface area contributed by atoms with Gasteiger partial charge in [0.25, 0.3) is 0 Å². The largest absolute Gasteiger partial charge is 0.486 e. The SMILES string of the molecule is Cc1ccc(OCc2nc(CN)nn2C)cc1. The summed E-state index contributed by atoms with van der Waals surface area (Å²) in [4.78, 5) is 4.26. The van der Waals surface area contributed by atoms with Crippen LogP contribution in [0.5, 0.6) is 5.75 Å². The van der Waals surface area contributed by atoms with Gasteiger partial charge in [-0.25, -0.2) is 9.67 Å². The highest BCUT2D eigenvalue weighted by molar-refractivity contribution is 5.26. The molecule has 0 saturated heterocycles. The predicted molar refractivity (Wildman–Crippen MR) is 64.4 cm³/mol. The first kappa shape index (κ1) is 11.6. The van der Waals surface area contributed by atoms with Gasteiger partial charge < -0.3 is 10.5 Å². The summed E-state index contributed by atoms with van der Waals surface area (Å²) in [5.74, 6) is 2.23. The van der Waals surface area contributed by atoms with Crippen molar-refractivity contribution in [2.24, 2.45) is 12.8 Å². The number of aromatic nitrogens is 3. The number of nitrogens with zero attached hydrogens (tertiary/aromatic N) is 3. The highest BCUT2D eigenvalue weighted by atomic mass is 16.5. The van der Waals surface area contributed by atoms with Crippen molar-refractivity contribution < 1.29 is 4.74 Å². The zero-order chi connectivity index (χ0) is 12.3. The van der Waals surface area contributed by atoms with Crippen molar-refractivity contribution in [3.8, 4) is 5.75 Å². The van der Waals surface area contributed by atoms with Crippen LogP contribution in [0.3, 0.4) is 0 Å². The van der Waals surface area contributed by atoms with E-state index in [1.807, 2.05) is 38.2 Å². The van der Waals surface area contributed by atoms with E-state index in [4.69, 9.17) is 10.5 Å². The maximum atomic E-state index is 5.62. The first-order valence-corrected chi connectivity index (χ1v) is 5.47. The van der Waals surface area contributed by atoms with Crippen molar-refractivity contribution in [2.45, 2.75) is 20.1 Å². The van der Waals surface area contributed by atoms with E-state index in [0.29, 0.717) is 19.0 Å². The van der Waals surface area contributed by atoms with Gasteiger partial charge >= 0.3 is 0 Å². The second-order valence-electron chi connectivity index (χ2n) is 3.87. The number of nitrogens with two attached hydrogens (primary N) is 1. The van der Waals surface area contributed by atoms with Crippen molar-refractivity contribution in [1.29, 1.82) is 0 Å². The topological polar surface area (TPSA) is 66.0 Å². The van der Waals surface area contributed by atoms with Crippen molar-refractivity contribution >= 4 is 0 Å². The molecule has 0 spiro atoms. The van der Waals surface area contributed by atoms with Gasteiger partial charge in [0.15, 0.2) is 11.6 Å². The fourth-order valence-electron chi connectivity index (χ4n) is 1.47. The third-order valence-electron chi connectivity index (χ3n) is 2.47. The maximum Gasteiger partial charge on any atom is 0.165 e. The lowest BCUT2D eigenvalue weighted by molar-refractivity contribution is 0.289. The number of ether oxygens (including phenoxy) is 1. The Labute approximate surface area is 100 Å². The van der Waals surface area contributed by atoms with Crippen LogP contribution in [0, 0.1) is 6.92 Å².